The van der Waals surface area contributed by atoms with E-state index in [1.54, 1.807) is 25.3 Å². The number of hydrogen-bond acceptors (Lipinski definition) is 5. The zero-order valence-corrected chi connectivity index (χ0v) is 16.9. The van der Waals surface area contributed by atoms with E-state index in [4.69, 9.17) is 4.74 Å². The first-order valence-electron chi connectivity index (χ1n) is 8.90. The lowest BCUT2D eigenvalue weighted by Gasteiger charge is -2.05. The number of carbonyl (C=O) groups excluding carboxylic acids is 1. The molecule has 29 heavy (non-hydrogen) atoms. The van der Waals surface area contributed by atoms with Gasteiger partial charge in [0, 0.05) is 18.9 Å². The molecule has 0 fully saturated rings. The maximum atomic E-state index is 13.0. The predicted molar refractivity (Wildman–Crippen MR) is 111 cm³/mol. The minimum Gasteiger partial charge on any atom is -0.497 e. The SMILES string of the molecule is COc1ccc(C=CC(=O)NCc2nnc(SCc3ccc(F)cc3)n2C)cc1. The van der Waals surface area contributed by atoms with Crippen LogP contribution in [0.25, 0.3) is 6.08 Å². The predicted octanol–water partition coefficient (Wildman–Crippen LogP) is 3.58. The monoisotopic (exact) mass is 412 g/mol. The summed E-state index contributed by atoms with van der Waals surface area (Å²) in [5.74, 6) is 1.60. The van der Waals surface area contributed by atoms with Crippen molar-refractivity contribution in [3.63, 3.8) is 0 Å². The van der Waals surface area contributed by atoms with Crippen molar-refractivity contribution in [3.05, 3.63) is 77.4 Å². The van der Waals surface area contributed by atoms with Gasteiger partial charge in [0.15, 0.2) is 11.0 Å². The van der Waals surface area contributed by atoms with Gasteiger partial charge in [-0.1, -0.05) is 36.0 Å². The second-order valence-corrected chi connectivity index (χ2v) is 7.14. The van der Waals surface area contributed by atoms with Gasteiger partial charge in [-0.05, 0) is 41.5 Å². The molecule has 0 aliphatic heterocycles. The Balaban J connectivity index is 1.50. The number of rotatable bonds is 8. The fraction of sp³-hybridized carbons (Fsp3) is 0.190. The number of halogens is 1. The molecule has 0 saturated heterocycles. The highest BCUT2D eigenvalue weighted by Gasteiger charge is 2.10. The summed E-state index contributed by atoms with van der Waals surface area (Å²) in [6.07, 6.45) is 3.21. The summed E-state index contributed by atoms with van der Waals surface area (Å²) in [6.45, 7) is 0.270. The fourth-order valence-corrected chi connectivity index (χ4v) is 3.35. The largest absolute Gasteiger partial charge is 0.497 e. The van der Waals surface area contributed by atoms with Gasteiger partial charge in [0.2, 0.25) is 5.91 Å². The average molecular weight is 412 g/mol. The van der Waals surface area contributed by atoms with Crippen molar-refractivity contribution >= 4 is 23.7 Å². The molecule has 0 atom stereocenters. The van der Waals surface area contributed by atoms with E-state index in [-0.39, 0.29) is 18.3 Å². The van der Waals surface area contributed by atoms with Crippen LogP contribution in [-0.4, -0.2) is 27.8 Å². The van der Waals surface area contributed by atoms with Gasteiger partial charge in [0.25, 0.3) is 0 Å². The number of hydrogen-bond donors (Lipinski definition) is 1. The molecule has 0 bridgehead atoms. The van der Waals surface area contributed by atoms with E-state index in [2.05, 4.69) is 15.5 Å². The first kappa shape index (κ1) is 20.6. The molecule has 0 unspecified atom stereocenters. The minimum atomic E-state index is -0.253. The summed E-state index contributed by atoms with van der Waals surface area (Å²) < 4.78 is 19.9. The van der Waals surface area contributed by atoms with Crippen LogP contribution in [-0.2, 0) is 24.1 Å². The second-order valence-electron chi connectivity index (χ2n) is 6.20. The van der Waals surface area contributed by atoms with Crippen molar-refractivity contribution in [1.29, 1.82) is 0 Å². The smallest absolute Gasteiger partial charge is 0.244 e. The van der Waals surface area contributed by atoms with Crippen LogP contribution >= 0.6 is 11.8 Å². The lowest BCUT2D eigenvalue weighted by molar-refractivity contribution is -0.116. The van der Waals surface area contributed by atoms with E-state index < -0.39 is 0 Å². The first-order valence-corrected chi connectivity index (χ1v) is 9.89. The highest BCUT2D eigenvalue weighted by atomic mass is 32.2. The molecule has 6 nitrogen and oxygen atoms in total. The van der Waals surface area contributed by atoms with E-state index in [9.17, 15) is 9.18 Å². The molecule has 0 aliphatic rings. The number of nitrogens with zero attached hydrogens (tertiary/aromatic N) is 3. The summed E-state index contributed by atoms with van der Waals surface area (Å²) in [4.78, 5) is 12.1. The van der Waals surface area contributed by atoms with E-state index >= 15 is 0 Å². The topological polar surface area (TPSA) is 69.0 Å². The number of amides is 1. The van der Waals surface area contributed by atoms with Gasteiger partial charge in [-0.15, -0.1) is 10.2 Å². The van der Waals surface area contributed by atoms with Gasteiger partial charge in [0.05, 0.1) is 13.7 Å². The van der Waals surface area contributed by atoms with E-state index in [0.717, 1.165) is 22.0 Å². The third-order valence-electron chi connectivity index (χ3n) is 4.17. The minimum absolute atomic E-state index is 0.218. The average Bonchev–Trinajstić information content (AvgIpc) is 3.10. The van der Waals surface area contributed by atoms with Crippen LogP contribution in [0.2, 0.25) is 0 Å². The fourth-order valence-electron chi connectivity index (χ4n) is 2.47. The Morgan fingerprint density at radius 1 is 1.17 bits per heavy atom. The molecule has 0 saturated carbocycles. The first-order chi connectivity index (χ1) is 14.0. The third-order valence-corrected chi connectivity index (χ3v) is 5.26. The van der Waals surface area contributed by atoms with Crippen molar-refractivity contribution in [2.24, 2.45) is 7.05 Å². The van der Waals surface area contributed by atoms with Crippen molar-refractivity contribution in [1.82, 2.24) is 20.1 Å². The molecule has 1 amide bonds. The Labute approximate surface area is 172 Å². The Morgan fingerprint density at radius 2 is 1.90 bits per heavy atom. The van der Waals surface area contributed by atoms with Crippen molar-refractivity contribution in [3.8, 4) is 5.75 Å². The normalized spacial score (nSPS) is 11.0. The number of ether oxygens (including phenoxy) is 1. The van der Waals surface area contributed by atoms with Gasteiger partial charge >= 0.3 is 0 Å². The zero-order valence-electron chi connectivity index (χ0n) is 16.1. The maximum Gasteiger partial charge on any atom is 0.244 e. The molecule has 1 heterocycles. The van der Waals surface area contributed by atoms with E-state index in [0.29, 0.717) is 11.6 Å². The molecular formula is C21H21FN4O2S. The number of benzene rings is 2. The Morgan fingerprint density at radius 3 is 2.59 bits per heavy atom. The van der Waals surface area contributed by atoms with Crippen molar-refractivity contribution in [2.75, 3.05) is 7.11 Å². The van der Waals surface area contributed by atoms with Gasteiger partial charge in [-0.2, -0.15) is 0 Å². The summed E-state index contributed by atoms with van der Waals surface area (Å²) in [5.41, 5.74) is 1.90. The molecule has 0 radical (unpaired) electrons. The van der Waals surface area contributed by atoms with Crippen LogP contribution in [0.3, 0.4) is 0 Å². The number of carbonyl (C=O) groups is 1. The molecule has 150 valence electrons. The molecule has 3 rings (SSSR count). The summed E-state index contributed by atoms with van der Waals surface area (Å²) in [6, 6.07) is 13.8. The zero-order chi connectivity index (χ0) is 20.6. The van der Waals surface area contributed by atoms with Crippen LogP contribution in [0.5, 0.6) is 5.75 Å². The lowest BCUT2D eigenvalue weighted by atomic mass is 10.2. The number of thioether (sulfide) groups is 1. The molecule has 1 aromatic heterocycles. The van der Waals surface area contributed by atoms with Gasteiger partial charge in [-0.3, -0.25) is 4.79 Å². The summed E-state index contributed by atoms with van der Waals surface area (Å²) in [7, 11) is 3.46. The molecular weight excluding hydrogens is 391 g/mol. The Kier molecular flexibility index (Phi) is 7.02. The number of methoxy groups -OCH3 is 1. The third kappa shape index (κ3) is 5.92. The highest BCUT2D eigenvalue weighted by molar-refractivity contribution is 7.98. The molecule has 2 aromatic carbocycles. The summed E-state index contributed by atoms with van der Waals surface area (Å²) >= 11 is 1.50. The van der Waals surface area contributed by atoms with Gasteiger partial charge in [0.1, 0.15) is 11.6 Å². The standard InChI is InChI=1S/C21H21FN4O2S/c1-26-19(24-25-21(26)29-14-16-3-8-17(22)9-4-16)13-23-20(27)12-7-15-5-10-18(28-2)11-6-15/h3-12H,13-14H2,1-2H3,(H,23,27). The molecule has 3 aromatic rings. The van der Waals surface area contributed by atoms with Crippen molar-refractivity contribution in [2.45, 2.75) is 17.5 Å². The van der Waals surface area contributed by atoms with E-state index in [1.165, 1.54) is 30.0 Å². The highest BCUT2D eigenvalue weighted by Crippen LogP contribution is 2.21. The summed E-state index contributed by atoms with van der Waals surface area (Å²) in [5, 5.41) is 11.8. The Bertz CT molecular complexity index is 985. The van der Waals surface area contributed by atoms with E-state index in [1.807, 2.05) is 35.9 Å². The van der Waals surface area contributed by atoms with Crippen LogP contribution < -0.4 is 10.1 Å². The van der Waals surface area contributed by atoms with Crippen LogP contribution in [0.1, 0.15) is 17.0 Å². The van der Waals surface area contributed by atoms with Crippen LogP contribution in [0.15, 0.2) is 59.8 Å². The number of aromatic nitrogens is 3. The maximum absolute atomic E-state index is 13.0. The molecule has 0 aliphatic carbocycles. The molecule has 1 N–H and O–H groups in total. The molecule has 0 spiro atoms. The van der Waals surface area contributed by atoms with Gasteiger partial charge in [-0.25, -0.2) is 4.39 Å². The van der Waals surface area contributed by atoms with Crippen LogP contribution in [0.4, 0.5) is 4.39 Å². The van der Waals surface area contributed by atoms with Crippen LogP contribution in [0, 0.1) is 5.82 Å². The molecule has 8 heteroatoms. The van der Waals surface area contributed by atoms with Gasteiger partial charge < -0.3 is 14.6 Å². The lowest BCUT2D eigenvalue weighted by Crippen LogP contribution is -2.22. The Hall–Kier alpha value is -3.13. The van der Waals surface area contributed by atoms with Crippen molar-refractivity contribution < 1.29 is 13.9 Å². The quantitative estimate of drug-likeness (QED) is 0.452. The second kappa shape index (κ2) is 9.88. The number of nitrogens with one attached hydrogen (secondary N) is 1.